The second-order valence-electron chi connectivity index (χ2n) is 5.36. The van der Waals surface area contributed by atoms with Crippen LogP contribution in [0.4, 0.5) is 5.69 Å². The van der Waals surface area contributed by atoms with Crippen molar-refractivity contribution in [1.82, 2.24) is 0 Å². The fourth-order valence-corrected chi connectivity index (χ4v) is 4.23. The predicted molar refractivity (Wildman–Crippen MR) is 78.4 cm³/mol. The van der Waals surface area contributed by atoms with Gasteiger partial charge in [0.15, 0.2) is 5.43 Å². The summed E-state index contributed by atoms with van der Waals surface area (Å²) in [6, 6.07) is 3.86. The van der Waals surface area contributed by atoms with Crippen LogP contribution in [0.15, 0.2) is 16.9 Å². The Hall–Kier alpha value is -1.35. The molecule has 3 heteroatoms. The number of benzene rings is 1. The zero-order valence-corrected chi connectivity index (χ0v) is 11.6. The fourth-order valence-electron chi connectivity index (χ4n) is 2.76. The molecule has 0 radical (unpaired) electrons. The normalized spacial score (nSPS) is 18.9. The maximum absolute atomic E-state index is 12.6. The van der Waals surface area contributed by atoms with Crippen LogP contribution in [0.2, 0.25) is 0 Å². The van der Waals surface area contributed by atoms with E-state index in [1.807, 2.05) is 12.1 Å². The van der Waals surface area contributed by atoms with Gasteiger partial charge in [0, 0.05) is 20.8 Å². The fraction of sp³-hybridized carbons (Fsp3) is 0.400. The summed E-state index contributed by atoms with van der Waals surface area (Å²) < 4.78 is 1.08. The summed E-state index contributed by atoms with van der Waals surface area (Å²) in [7, 11) is 0. The Bertz CT molecular complexity index is 687. The van der Waals surface area contributed by atoms with Crippen LogP contribution in [0.3, 0.4) is 0 Å². The lowest BCUT2D eigenvalue weighted by Gasteiger charge is -2.21. The molecule has 0 fully saturated rings. The van der Waals surface area contributed by atoms with E-state index in [0.29, 0.717) is 11.6 Å². The third-order valence-corrected chi connectivity index (χ3v) is 5.26. The zero-order valence-electron chi connectivity index (χ0n) is 10.7. The third-order valence-electron chi connectivity index (χ3n) is 3.87. The number of nitrogen functional groups attached to an aromatic ring is 1. The lowest BCUT2D eigenvalue weighted by molar-refractivity contribution is 0.506. The molecule has 1 aromatic carbocycles. The molecular weight excluding hydrogens is 242 g/mol. The van der Waals surface area contributed by atoms with E-state index in [-0.39, 0.29) is 5.43 Å². The van der Waals surface area contributed by atoms with Gasteiger partial charge in [-0.2, -0.15) is 0 Å². The minimum absolute atomic E-state index is 0.173. The molecular formula is C15H17NOS. The van der Waals surface area contributed by atoms with E-state index in [4.69, 9.17) is 5.73 Å². The van der Waals surface area contributed by atoms with Gasteiger partial charge in [-0.1, -0.05) is 13.0 Å². The molecule has 1 aliphatic carbocycles. The smallest absolute Gasteiger partial charge is 0.193 e. The number of nitrogens with two attached hydrogens (primary N) is 1. The third kappa shape index (κ3) is 1.65. The molecule has 3 rings (SSSR count). The maximum Gasteiger partial charge on any atom is 0.193 e. The first-order valence-electron chi connectivity index (χ1n) is 6.41. The molecule has 2 aromatic rings. The minimum Gasteiger partial charge on any atom is -0.398 e. The molecule has 0 amide bonds. The lowest BCUT2D eigenvalue weighted by atomic mass is 9.89. The minimum atomic E-state index is 0.173. The Morgan fingerprint density at radius 3 is 2.94 bits per heavy atom. The first-order chi connectivity index (χ1) is 8.58. The summed E-state index contributed by atoms with van der Waals surface area (Å²) in [6.45, 7) is 4.31. The maximum atomic E-state index is 12.6. The predicted octanol–water partition coefficient (Wildman–Crippen LogP) is 3.28. The van der Waals surface area contributed by atoms with Crippen molar-refractivity contribution in [2.45, 2.75) is 33.1 Å². The first kappa shape index (κ1) is 11.7. The molecule has 2 nitrogen and oxygen atoms in total. The standard InChI is InChI=1S/C15H17NOS/c1-8-3-5-10-12(7-8)18-15-9(2)4-6-11(16)13(15)14(10)17/h4,6,8H,3,5,7,16H2,1-2H3. The highest BCUT2D eigenvalue weighted by molar-refractivity contribution is 7.18. The molecule has 1 heterocycles. The number of anilines is 1. The SMILES string of the molecule is Cc1ccc(N)c2c(=O)c3c(sc12)CC(C)CC3. The van der Waals surface area contributed by atoms with Gasteiger partial charge in [-0.15, -0.1) is 11.3 Å². The second kappa shape index (κ2) is 4.09. The molecule has 18 heavy (non-hydrogen) atoms. The van der Waals surface area contributed by atoms with E-state index in [1.54, 1.807) is 11.3 Å². The van der Waals surface area contributed by atoms with Gasteiger partial charge in [-0.3, -0.25) is 4.79 Å². The van der Waals surface area contributed by atoms with Crippen molar-refractivity contribution in [3.8, 4) is 0 Å². The first-order valence-corrected chi connectivity index (χ1v) is 7.23. The van der Waals surface area contributed by atoms with Gasteiger partial charge in [-0.05, 0) is 43.7 Å². The highest BCUT2D eigenvalue weighted by atomic mass is 32.1. The number of fused-ring (bicyclic) bond motifs is 2. The van der Waals surface area contributed by atoms with Crippen LogP contribution in [-0.4, -0.2) is 0 Å². The zero-order chi connectivity index (χ0) is 12.9. The second-order valence-corrected chi connectivity index (χ2v) is 6.46. The largest absolute Gasteiger partial charge is 0.398 e. The summed E-state index contributed by atoms with van der Waals surface area (Å²) in [5.74, 6) is 0.687. The van der Waals surface area contributed by atoms with Crippen LogP contribution in [-0.2, 0) is 12.8 Å². The van der Waals surface area contributed by atoms with Gasteiger partial charge in [0.2, 0.25) is 0 Å². The Kier molecular flexibility index (Phi) is 2.67. The summed E-state index contributed by atoms with van der Waals surface area (Å²) in [5, 5.41) is 0.744. The average molecular weight is 259 g/mol. The lowest BCUT2D eigenvalue weighted by Crippen LogP contribution is -2.20. The molecule has 1 atom stereocenters. The molecule has 2 N–H and O–H groups in total. The average Bonchev–Trinajstić information content (AvgIpc) is 2.33. The van der Waals surface area contributed by atoms with Crippen LogP contribution in [0, 0.1) is 12.8 Å². The Morgan fingerprint density at radius 1 is 1.39 bits per heavy atom. The Balaban J connectivity index is 2.41. The molecule has 1 aromatic heterocycles. The van der Waals surface area contributed by atoms with E-state index in [0.717, 1.165) is 40.5 Å². The van der Waals surface area contributed by atoms with Crippen molar-refractivity contribution >= 4 is 27.1 Å². The van der Waals surface area contributed by atoms with E-state index >= 15 is 0 Å². The van der Waals surface area contributed by atoms with Gasteiger partial charge in [0.25, 0.3) is 0 Å². The van der Waals surface area contributed by atoms with Gasteiger partial charge in [-0.25, -0.2) is 0 Å². The summed E-state index contributed by atoms with van der Waals surface area (Å²) in [4.78, 5) is 13.9. The number of hydrogen-bond acceptors (Lipinski definition) is 3. The molecule has 1 unspecified atom stereocenters. The van der Waals surface area contributed by atoms with Gasteiger partial charge < -0.3 is 5.73 Å². The van der Waals surface area contributed by atoms with Crippen molar-refractivity contribution in [1.29, 1.82) is 0 Å². The summed E-state index contributed by atoms with van der Waals surface area (Å²) >= 11 is 1.77. The van der Waals surface area contributed by atoms with Crippen molar-refractivity contribution in [2.24, 2.45) is 5.92 Å². The van der Waals surface area contributed by atoms with Crippen LogP contribution in [0.5, 0.6) is 0 Å². The quantitative estimate of drug-likeness (QED) is 0.738. The van der Waals surface area contributed by atoms with Gasteiger partial charge in [0.1, 0.15) is 0 Å². The van der Waals surface area contributed by atoms with Gasteiger partial charge >= 0.3 is 0 Å². The summed E-state index contributed by atoms with van der Waals surface area (Å²) in [5.41, 5.74) is 8.96. The molecule has 0 bridgehead atoms. The Morgan fingerprint density at radius 2 is 2.17 bits per heavy atom. The highest BCUT2D eigenvalue weighted by Gasteiger charge is 2.21. The topological polar surface area (TPSA) is 43.1 Å². The van der Waals surface area contributed by atoms with E-state index in [2.05, 4.69) is 13.8 Å². The van der Waals surface area contributed by atoms with Crippen LogP contribution in [0.25, 0.3) is 10.1 Å². The molecule has 1 aliphatic rings. The van der Waals surface area contributed by atoms with E-state index in [1.165, 1.54) is 4.88 Å². The van der Waals surface area contributed by atoms with Crippen molar-refractivity contribution in [3.63, 3.8) is 0 Å². The molecule has 0 saturated heterocycles. The van der Waals surface area contributed by atoms with E-state index in [9.17, 15) is 4.79 Å². The van der Waals surface area contributed by atoms with Crippen molar-refractivity contribution < 1.29 is 0 Å². The molecule has 94 valence electrons. The highest BCUT2D eigenvalue weighted by Crippen LogP contribution is 2.33. The molecule has 0 aliphatic heterocycles. The Labute approximate surface area is 110 Å². The van der Waals surface area contributed by atoms with Crippen molar-refractivity contribution in [3.05, 3.63) is 38.4 Å². The van der Waals surface area contributed by atoms with Crippen molar-refractivity contribution in [2.75, 3.05) is 5.73 Å². The number of hydrogen-bond donors (Lipinski definition) is 1. The van der Waals surface area contributed by atoms with Crippen LogP contribution < -0.4 is 11.2 Å². The number of rotatable bonds is 0. The van der Waals surface area contributed by atoms with E-state index < -0.39 is 0 Å². The molecule has 0 spiro atoms. The van der Waals surface area contributed by atoms with Gasteiger partial charge in [0.05, 0.1) is 5.39 Å². The monoisotopic (exact) mass is 259 g/mol. The van der Waals surface area contributed by atoms with Crippen LogP contribution >= 0.6 is 11.3 Å². The summed E-state index contributed by atoms with van der Waals surface area (Å²) in [6.07, 6.45) is 3.07. The van der Waals surface area contributed by atoms with Crippen LogP contribution in [0.1, 0.15) is 29.3 Å². The molecule has 0 saturated carbocycles. The number of aryl methyl sites for hydroxylation is 1.